The third-order valence-corrected chi connectivity index (χ3v) is 6.56. The van der Waals surface area contributed by atoms with Gasteiger partial charge in [0.25, 0.3) is 0 Å². The summed E-state index contributed by atoms with van der Waals surface area (Å²) in [6.07, 6.45) is 2.76. The Morgan fingerprint density at radius 2 is 1.74 bits per heavy atom. The molecular weight excluding hydrogens is 258 g/mol. The monoisotopic (exact) mass is 279 g/mol. The molecule has 3 nitrogen and oxygen atoms in total. The van der Waals surface area contributed by atoms with Crippen molar-refractivity contribution in [2.45, 2.75) is 25.2 Å². The van der Waals surface area contributed by atoms with Crippen molar-refractivity contribution in [3.63, 3.8) is 0 Å². The van der Waals surface area contributed by atoms with E-state index in [1.807, 2.05) is 6.07 Å². The van der Waals surface area contributed by atoms with Crippen LogP contribution in [0.5, 0.6) is 0 Å². The van der Waals surface area contributed by atoms with Crippen LogP contribution in [-0.2, 0) is 9.84 Å². The molecule has 2 aliphatic rings. The minimum atomic E-state index is -2.78. The fourth-order valence-electron chi connectivity index (χ4n) is 3.67. The Morgan fingerprint density at radius 1 is 1.05 bits per heavy atom. The van der Waals surface area contributed by atoms with Crippen LogP contribution in [0.25, 0.3) is 0 Å². The Bertz CT molecular complexity index is 525. The summed E-state index contributed by atoms with van der Waals surface area (Å²) in [5, 5.41) is 3.48. The number of nitrogens with one attached hydrogen (secondary N) is 1. The van der Waals surface area contributed by atoms with Crippen LogP contribution in [-0.4, -0.2) is 33.0 Å². The van der Waals surface area contributed by atoms with Gasteiger partial charge in [0.2, 0.25) is 0 Å². The number of rotatable bonds is 1. The van der Waals surface area contributed by atoms with Gasteiger partial charge in [0.1, 0.15) is 9.84 Å². The van der Waals surface area contributed by atoms with Crippen LogP contribution in [0.1, 0.15) is 30.7 Å². The average molecular weight is 279 g/mol. The smallest absolute Gasteiger partial charge is 0.150 e. The molecule has 0 aromatic heterocycles. The van der Waals surface area contributed by atoms with Gasteiger partial charge in [-0.05, 0) is 36.8 Å². The highest BCUT2D eigenvalue weighted by atomic mass is 32.2. The number of benzene rings is 1. The summed E-state index contributed by atoms with van der Waals surface area (Å²) in [6, 6.07) is 10.6. The van der Waals surface area contributed by atoms with E-state index in [4.69, 9.17) is 0 Å². The first-order valence-electron chi connectivity index (χ1n) is 7.07. The molecule has 3 rings (SSSR count). The van der Waals surface area contributed by atoms with Gasteiger partial charge in [0, 0.05) is 12.5 Å². The van der Waals surface area contributed by atoms with E-state index < -0.39 is 9.84 Å². The summed E-state index contributed by atoms with van der Waals surface area (Å²) in [4.78, 5) is 0. The van der Waals surface area contributed by atoms with Gasteiger partial charge in [-0.2, -0.15) is 0 Å². The van der Waals surface area contributed by atoms with Crippen LogP contribution in [0.2, 0.25) is 0 Å². The summed E-state index contributed by atoms with van der Waals surface area (Å²) in [6.45, 7) is 1.99. The van der Waals surface area contributed by atoms with Crippen molar-refractivity contribution in [2.75, 3.05) is 24.6 Å². The Morgan fingerprint density at radius 3 is 2.42 bits per heavy atom. The molecule has 19 heavy (non-hydrogen) atoms. The highest BCUT2D eigenvalue weighted by Crippen LogP contribution is 2.48. The van der Waals surface area contributed by atoms with Crippen LogP contribution >= 0.6 is 0 Å². The molecule has 104 valence electrons. The van der Waals surface area contributed by atoms with Crippen molar-refractivity contribution in [2.24, 2.45) is 5.41 Å². The lowest BCUT2D eigenvalue weighted by molar-refractivity contribution is 0.144. The van der Waals surface area contributed by atoms with E-state index in [9.17, 15) is 8.42 Å². The molecule has 1 aromatic carbocycles. The zero-order valence-corrected chi connectivity index (χ0v) is 12.0. The molecule has 1 N–H and O–H groups in total. The molecule has 2 fully saturated rings. The van der Waals surface area contributed by atoms with Crippen LogP contribution in [0.3, 0.4) is 0 Å². The summed E-state index contributed by atoms with van der Waals surface area (Å²) in [5.41, 5.74) is 1.55. The fraction of sp³-hybridized carbons (Fsp3) is 0.600. The molecule has 0 aliphatic carbocycles. The molecule has 0 radical (unpaired) electrons. The van der Waals surface area contributed by atoms with E-state index in [0.717, 1.165) is 32.4 Å². The molecular formula is C15H21NO2S. The lowest BCUT2D eigenvalue weighted by Crippen LogP contribution is -2.47. The summed E-state index contributed by atoms with van der Waals surface area (Å²) >= 11 is 0. The van der Waals surface area contributed by atoms with Crippen molar-refractivity contribution >= 4 is 9.84 Å². The zero-order valence-electron chi connectivity index (χ0n) is 11.1. The number of hydrogen-bond donors (Lipinski definition) is 1. The highest BCUT2D eigenvalue weighted by Gasteiger charge is 2.44. The van der Waals surface area contributed by atoms with Crippen molar-refractivity contribution in [1.29, 1.82) is 0 Å². The largest absolute Gasteiger partial charge is 0.316 e. The molecule has 1 spiro atoms. The molecule has 1 aromatic rings. The van der Waals surface area contributed by atoms with E-state index in [0.29, 0.717) is 17.4 Å². The average Bonchev–Trinajstić information content (AvgIpc) is 2.44. The van der Waals surface area contributed by atoms with Crippen LogP contribution in [0, 0.1) is 5.41 Å². The lowest BCUT2D eigenvalue weighted by Gasteiger charge is -2.47. The van der Waals surface area contributed by atoms with Crippen LogP contribution in [0.4, 0.5) is 0 Å². The molecule has 2 saturated heterocycles. The zero-order chi connectivity index (χ0) is 13.3. The molecule has 0 amide bonds. The van der Waals surface area contributed by atoms with E-state index in [2.05, 4.69) is 29.6 Å². The second-order valence-electron chi connectivity index (χ2n) is 5.93. The topological polar surface area (TPSA) is 46.2 Å². The van der Waals surface area contributed by atoms with Gasteiger partial charge >= 0.3 is 0 Å². The van der Waals surface area contributed by atoms with E-state index in [-0.39, 0.29) is 5.41 Å². The molecule has 2 heterocycles. The number of hydrogen-bond acceptors (Lipinski definition) is 3. The fourth-order valence-corrected chi connectivity index (χ4v) is 5.31. The molecule has 0 saturated carbocycles. The van der Waals surface area contributed by atoms with E-state index in [1.54, 1.807) is 0 Å². The first-order chi connectivity index (χ1) is 9.11. The van der Waals surface area contributed by atoms with Crippen LogP contribution < -0.4 is 5.32 Å². The first kappa shape index (κ1) is 13.1. The summed E-state index contributed by atoms with van der Waals surface area (Å²) in [7, 11) is -2.78. The second-order valence-corrected chi connectivity index (χ2v) is 8.24. The van der Waals surface area contributed by atoms with E-state index in [1.165, 1.54) is 5.56 Å². The maximum absolute atomic E-state index is 11.7. The van der Waals surface area contributed by atoms with Gasteiger partial charge in [0.05, 0.1) is 11.5 Å². The predicted molar refractivity (Wildman–Crippen MR) is 77.0 cm³/mol. The normalized spacial score (nSPS) is 29.2. The van der Waals surface area contributed by atoms with E-state index >= 15 is 0 Å². The SMILES string of the molecule is O=S1(=O)CCC2(CCNCC2c2ccccc2)CC1. The lowest BCUT2D eigenvalue weighted by atomic mass is 9.64. The Kier molecular flexibility index (Phi) is 3.39. The van der Waals surface area contributed by atoms with Gasteiger partial charge in [-0.15, -0.1) is 0 Å². The molecule has 2 aliphatic heterocycles. The number of sulfone groups is 1. The maximum atomic E-state index is 11.7. The number of piperidine rings is 1. The summed E-state index contributed by atoms with van der Waals surface area (Å²) < 4.78 is 23.4. The quantitative estimate of drug-likeness (QED) is 0.855. The third kappa shape index (κ3) is 2.56. The minimum absolute atomic E-state index is 0.192. The maximum Gasteiger partial charge on any atom is 0.150 e. The van der Waals surface area contributed by atoms with Gasteiger partial charge in [-0.1, -0.05) is 30.3 Å². The Hall–Kier alpha value is -0.870. The minimum Gasteiger partial charge on any atom is -0.316 e. The second kappa shape index (κ2) is 4.91. The summed E-state index contributed by atoms with van der Waals surface area (Å²) in [5.74, 6) is 1.20. The Labute approximate surface area is 115 Å². The predicted octanol–water partition coefficient (Wildman–Crippen LogP) is 1.96. The van der Waals surface area contributed by atoms with Gasteiger partial charge in [-0.3, -0.25) is 0 Å². The van der Waals surface area contributed by atoms with Crippen molar-refractivity contribution in [1.82, 2.24) is 5.32 Å². The van der Waals surface area contributed by atoms with Gasteiger partial charge in [0.15, 0.2) is 0 Å². The van der Waals surface area contributed by atoms with Crippen molar-refractivity contribution in [3.05, 3.63) is 35.9 Å². The van der Waals surface area contributed by atoms with Crippen molar-refractivity contribution in [3.8, 4) is 0 Å². The third-order valence-electron chi connectivity index (χ3n) is 4.91. The Balaban J connectivity index is 1.90. The van der Waals surface area contributed by atoms with Gasteiger partial charge < -0.3 is 5.32 Å². The molecule has 1 atom stereocenters. The first-order valence-corrected chi connectivity index (χ1v) is 8.90. The van der Waals surface area contributed by atoms with Crippen molar-refractivity contribution < 1.29 is 8.42 Å². The highest BCUT2D eigenvalue weighted by molar-refractivity contribution is 7.91. The van der Waals surface area contributed by atoms with Crippen LogP contribution in [0.15, 0.2) is 30.3 Å². The molecule has 4 heteroatoms. The molecule has 0 bridgehead atoms. The standard InChI is InChI=1S/C15H21NO2S/c17-19(18)10-7-15(8-11-19)6-9-16-12-14(15)13-4-2-1-3-5-13/h1-5,14,16H,6-12H2. The molecule has 1 unspecified atom stereocenters. The van der Waals surface area contributed by atoms with Gasteiger partial charge in [-0.25, -0.2) is 8.42 Å².